The highest BCUT2D eigenvalue weighted by Crippen LogP contribution is 2.24. The predicted octanol–water partition coefficient (Wildman–Crippen LogP) is 3.05. The number of halogens is 1. The van der Waals surface area contributed by atoms with Crippen LogP contribution in [0.5, 0.6) is 0 Å². The summed E-state index contributed by atoms with van der Waals surface area (Å²) in [7, 11) is 1.64. The quantitative estimate of drug-likeness (QED) is 0.531. The van der Waals surface area contributed by atoms with Gasteiger partial charge in [-0.05, 0) is 39.3 Å². The summed E-state index contributed by atoms with van der Waals surface area (Å²) in [5.74, 6) is 0.669. The number of hydrogen-bond donors (Lipinski definition) is 0. The molecule has 3 heterocycles. The number of aryl methyl sites for hydroxylation is 2. The van der Waals surface area contributed by atoms with Gasteiger partial charge >= 0.3 is 5.69 Å². The first kappa shape index (κ1) is 18.6. The van der Waals surface area contributed by atoms with Crippen molar-refractivity contribution in [3.8, 4) is 0 Å². The third-order valence-electron chi connectivity index (χ3n) is 5.36. The third-order valence-corrected chi connectivity index (χ3v) is 5.73. The minimum absolute atomic E-state index is 0.108. The first-order valence-corrected chi connectivity index (χ1v) is 9.54. The molecule has 0 bridgehead atoms. The molecule has 7 nitrogen and oxygen atoms in total. The molecule has 146 valence electrons. The summed E-state index contributed by atoms with van der Waals surface area (Å²) in [6, 6.07) is 7.39. The summed E-state index contributed by atoms with van der Waals surface area (Å²) in [6.45, 7) is 8.23. The largest absolute Gasteiger partial charge is 0.332 e. The van der Waals surface area contributed by atoms with Gasteiger partial charge in [0.05, 0.1) is 6.54 Å². The number of rotatable bonds is 3. The van der Waals surface area contributed by atoms with Crippen LogP contribution in [0.1, 0.15) is 36.8 Å². The van der Waals surface area contributed by atoms with Gasteiger partial charge in [0.25, 0.3) is 5.56 Å². The number of imidazole rings is 2. The van der Waals surface area contributed by atoms with Gasteiger partial charge in [-0.1, -0.05) is 29.8 Å². The first-order chi connectivity index (χ1) is 13.2. The Labute approximate surface area is 166 Å². The minimum atomic E-state index is -0.413. The van der Waals surface area contributed by atoms with Crippen molar-refractivity contribution in [2.45, 2.75) is 40.3 Å². The molecule has 0 fully saturated rings. The molecule has 0 saturated carbocycles. The fraction of sp³-hybridized carbons (Fsp3) is 0.350. The van der Waals surface area contributed by atoms with E-state index in [4.69, 9.17) is 11.6 Å². The lowest BCUT2D eigenvalue weighted by Crippen LogP contribution is -2.39. The number of benzene rings is 1. The first-order valence-electron chi connectivity index (χ1n) is 9.16. The maximum atomic E-state index is 13.4. The molecule has 0 spiro atoms. The van der Waals surface area contributed by atoms with Crippen LogP contribution in [0.3, 0.4) is 0 Å². The minimum Gasteiger partial charge on any atom is -0.311 e. The molecule has 8 heteroatoms. The number of nitrogens with zero attached hydrogens (tertiary/aromatic N) is 5. The SMILES string of the molecule is Cc1c(C)n2c3c(=O)n(Cc4ccccc4Cl)c(=O)n(C)c3nc2n1C(C)C. The summed E-state index contributed by atoms with van der Waals surface area (Å²) in [4.78, 5) is 30.9. The molecule has 0 aliphatic rings. The second kappa shape index (κ2) is 6.38. The second-order valence-electron chi connectivity index (χ2n) is 7.38. The summed E-state index contributed by atoms with van der Waals surface area (Å²) >= 11 is 6.25. The molecular weight excluding hydrogens is 378 g/mol. The van der Waals surface area contributed by atoms with E-state index in [0.29, 0.717) is 22.0 Å². The van der Waals surface area contributed by atoms with Gasteiger partial charge in [-0.15, -0.1) is 0 Å². The molecule has 0 unspecified atom stereocenters. The van der Waals surface area contributed by atoms with Crippen molar-refractivity contribution in [2.24, 2.45) is 7.05 Å². The van der Waals surface area contributed by atoms with Crippen LogP contribution in [0, 0.1) is 13.8 Å². The molecule has 0 amide bonds. The van der Waals surface area contributed by atoms with Crippen molar-refractivity contribution < 1.29 is 0 Å². The van der Waals surface area contributed by atoms with Gasteiger partial charge in [-0.25, -0.2) is 4.79 Å². The average molecular weight is 400 g/mol. The van der Waals surface area contributed by atoms with Crippen LogP contribution in [0.25, 0.3) is 16.9 Å². The van der Waals surface area contributed by atoms with Crippen molar-refractivity contribution in [1.29, 1.82) is 0 Å². The van der Waals surface area contributed by atoms with Crippen LogP contribution in [0.2, 0.25) is 5.02 Å². The topological polar surface area (TPSA) is 66.2 Å². The lowest BCUT2D eigenvalue weighted by molar-refractivity contribution is 0.600. The molecule has 4 rings (SSSR count). The zero-order valence-corrected chi connectivity index (χ0v) is 17.3. The highest BCUT2D eigenvalue weighted by molar-refractivity contribution is 6.31. The summed E-state index contributed by atoms with van der Waals surface area (Å²) in [5.41, 5.74) is 2.72. The Balaban J connectivity index is 2.11. The Kier molecular flexibility index (Phi) is 4.23. The van der Waals surface area contributed by atoms with E-state index in [1.54, 1.807) is 13.1 Å². The molecule has 3 aromatic heterocycles. The third kappa shape index (κ3) is 2.46. The smallest absolute Gasteiger partial charge is 0.311 e. The predicted molar refractivity (Wildman–Crippen MR) is 111 cm³/mol. The molecule has 0 aliphatic heterocycles. The molecular formula is C20H22ClN5O2. The summed E-state index contributed by atoms with van der Waals surface area (Å²) < 4.78 is 6.59. The molecule has 4 aromatic rings. The molecule has 0 aliphatic carbocycles. The zero-order chi connectivity index (χ0) is 20.3. The van der Waals surface area contributed by atoms with Gasteiger partial charge in [0, 0.05) is 29.5 Å². The van der Waals surface area contributed by atoms with Crippen LogP contribution < -0.4 is 11.2 Å². The van der Waals surface area contributed by atoms with Crippen molar-refractivity contribution in [1.82, 2.24) is 23.1 Å². The fourth-order valence-electron chi connectivity index (χ4n) is 3.83. The van der Waals surface area contributed by atoms with Gasteiger partial charge in [-0.3, -0.25) is 18.3 Å². The maximum absolute atomic E-state index is 13.4. The Morgan fingerprint density at radius 1 is 1.11 bits per heavy atom. The molecule has 0 saturated heterocycles. The van der Waals surface area contributed by atoms with Crippen molar-refractivity contribution in [3.63, 3.8) is 0 Å². The molecule has 0 N–H and O–H groups in total. The van der Waals surface area contributed by atoms with E-state index in [2.05, 4.69) is 23.4 Å². The van der Waals surface area contributed by atoms with Crippen LogP contribution >= 0.6 is 11.6 Å². The van der Waals surface area contributed by atoms with E-state index in [0.717, 1.165) is 17.0 Å². The van der Waals surface area contributed by atoms with E-state index in [1.165, 1.54) is 9.13 Å². The average Bonchev–Trinajstić information content (AvgIpc) is 3.14. The zero-order valence-electron chi connectivity index (χ0n) is 16.5. The van der Waals surface area contributed by atoms with E-state index < -0.39 is 5.69 Å². The Hall–Kier alpha value is -2.80. The van der Waals surface area contributed by atoms with E-state index in [1.807, 2.05) is 36.4 Å². The van der Waals surface area contributed by atoms with Crippen molar-refractivity contribution in [3.05, 3.63) is 67.1 Å². The standard InChI is InChI=1S/C20H22ClN5O2/c1-11(2)25-12(3)13(4)26-16-17(22-19(25)26)23(5)20(28)24(18(16)27)10-14-8-6-7-9-15(14)21/h6-9,11H,10H2,1-5H3. The normalized spacial score (nSPS) is 12.0. The van der Waals surface area contributed by atoms with Crippen LogP contribution in [0.4, 0.5) is 0 Å². The molecule has 28 heavy (non-hydrogen) atoms. The summed E-state index contributed by atoms with van der Waals surface area (Å²) in [5, 5.41) is 0.521. The summed E-state index contributed by atoms with van der Waals surface area (Å²) in [6.07, 6.45) is 0. The molecule has 1 aromatic carbocycles. The van der Waals surface area contributed by atoms with E-state index in [-0.39, 0.29) is 18.1 Å². The van der Waals surface area contributed by atoms with Crippen molar-refractivity contribution >= 4 is 28.5 Å². The Morgan fingerprint density at radius 2 is 1.79 bits per heavy atom. The van der Waals surface area contributed by atoms with Crippen LogP contribution in [-0.4, -0.2) is 23.1 Å². The van der Waals surface area contributed by atoms with Crippen molar-refractivity contribution in [2.75, 3.05) is 0 Å². The maximum Gasteiger partial charge on any atom is 0.332 e. The highest BCUT2D eigenvalue weighted by atomic mass is 35.5. The Bertz CT molecular complexity index is 1350. The molecule has 0 atom stereocenters. The van der Waals surface area contributed by atoms with Gasteiger partial charge < -0.3 is 4.57 Å². The number of hydrogen-bond acceptors (Lipinski definition) is 3. The monoisotopic (exact) mass is 399 g/mol. The number of aromatic nitrogens is 5. The van der Waals surface area contributed by atoms with Gasteiger partial charge in [0.15, 0.2) is 11.2 Å². The van der Waals surface area contributed by atoms with Gasteiger partial charge in [0.1, 0.15) is 0 Å². The van der Waals surface area contributed by atoms with Gasteiger partial charge in [0.2, 0.25) is 5.78 Å². The Morgan fingerprint density at radius 3 is 2.43 bits per heavy atom. The van der Waals surface area contributed by atoms with E-state index in [9.17, 15) is 9.59 Å². The van der Waals surface area contributed by atoms with E-state index >= 15 is 0 Å². The lowest BCUT2D eigenvalue weighted by atomic mass is 10.2. The van der Waals surface area contributed by atoms with Gasteiger partial charge in [-0.2, -0.15) is 4.98 Å². The fourth-order valence-corrected chi connectivity index (χ4v) is 4.02. The number of fused-ring (bicyclic) bond motifs is 3. The highest BCUT2D eigenvalue weighted by Gasteiger charge is 2.23. The second-order valence-corrected chi connectivity index (χ2v) is 7.79. The van der Waals surface area contributed by atoms with Crippen LogP contribution in [0.15, 0.2) is 33.9 Å². The van der Waals surface area contributed by atoms with Crippen LogP contribution in [-0.2, 0) is 13.6 Å². The molecule has 0 radical (unpaired) electrons. The lowest BCUT2D eigenvalue weighted by Gasteiger charge is -2.10.